The molecule has 0 saturated heterocycles. The molecule has 0 aliphatic carbocycles. The number of hydrogen-bond donors (Lipinski definition) is 2. The monoisotopic (exact) mass is 659 g/mol. The van der Waals surface area contributed by atoms with Crippen LogP contribution in [0.4, 0.5) is 25.2 Å². The SMILES string of the molecule is CC(C)[C@H](NC(=O)OC(C)(C)C)C(=O)N=[S@](C)(=O)Cc1cc2cc(c1)OCCCCOc1cc(F)ccc1-c1nc(ncc1F)N2. The van der Waals surface area contributed by atoms with E-state index in [0.29, 0.717) is 36.4 Å². The van der Waals surface area contributed by atoms with Crippen LogP contribution in [0, 0.1) is 17.6 Å². The summed E-state index contributed by atoms with van der Waals surface area (Å²) < 4.78 is 63.6. The third-order valence-corrected chi connectivity index (χ3v) is 7.99. The second kappa shape index (κ2) is 14.4. The topological polar surface area (TPSA) is 141 Å². The number of ether oxygens (including phenoxy) is 3. The van der Waals surface area contributed by atoms with Gasteiger partial charge in [0.25, 0.3) is 5.91 Å². The number of rotatable bonds is 5. The molecule has 1 aromatic heterocycles. The van der Waals surface area contributed by atoms with Gasteiger partial charge in [-0.15, -0.1) is 0 Å². The second-order valence-electron chi connectivity index (χ2n) is 12.3. The molecule has 0 radical (unpaired) electrons. The van der Waals surface area contributed by atoms with Gasteiger partial charge in [0, 0.05) is 29.6 Å². The summed E-state index contributed by atoms with van der Waals surface area (Å²) in [5, 5.41) is 5.56. The molecule has 0 fully saturated rings. The summed E-state index contributed by atoms with van der Waals surface area (Å²) in [6, 6.07) is 7.79. The maximum atomic E-state index is 14.9. The fraction of sp³-hybridized carbons (Fsp3) is 0.438. The largest absolute Gasteiger partial charge is 0.494 e. The van der Waals surface area contributed by atoms with Crippen molar-refractivity contribution in [2.45, 2.75) is 64.9 Å². The number of anilines is 2. The van der Waals surface area contributed by atoms with Gasteiger partial charge in [0.2, 0.25) is 5.95 Å². The van der Waals surface area contributed by atoms with Crippen LogP contribution in [0.1, 0.15) is 53.0 Å². The molecule has 4 bridgehead atoms. The first-order valence-corrected chi connectivity index (χ1v) is 16.9. The Morgan fingerprint density at radius 1 is 1.11 bits per heavy atom. The van der Waals surface area contributed by atoms with E-state index < -0.39 is 45.0 Å². The average molecular weight is 660 g/mol. The molecule has 4 rings (SSSR count). The Bertz CT molecular complexity index is 1720. The lowest BCUT2D eigenvalue weighted by atomic mass is 10.0. The molecule has 3 aromatic rings. The first-order valence-electron chi connectivity index (χ1n) is 14.8. The van der Waals surface area contributed by atoms with Gasteiger partial charge in [-0.2, -0.15) is 4.36 Å². The molecule has 2 heterocycles. The fourth-order valence-corrected chi connectivity index (χ4v) is 5.91. The van der Waals surface area contributed by atoms with Gasteiger partial charge in [0.15, 0.2) is 5.82 Å². The van der Waals surface area contributed by atoms with Crippen LogP contribution < -0.4 is 20.1 Å². The highest BCUT2D eigenvalue weighted by molar-refractivity contribution is 7.92. The van der Waals surface area contributed by atoms with Crippen molar-refractivity contribution >= 4 is 33.4 Å². The minimum absolute atomic E-state index is 0.0368. The van der Waals surface area contributed by atoms with E-state index in [4.69, 9.17) is 14.2 Å². The number of carbonyl (C=O) groups excluding carboxylic acids is 2. The summed E-state index contributed by atoms with van der Waals surface area (Å²) in [4.78, 5) is 33.9. The van der Waals surface area contributed by atoms with Crippen LogP contribution in [-0.4, -0.2) is 57.3 Å². The van der Waals surface area contributed by atoms with Crippen molar-refractivity contribution < 1.29 is 36.8 Å². The van der Waals surface area contributed by atoms with Crippen molar-refractivity contribution in [1.82, 2.24) is 15.3 Å². The Morgan fingerprint density at radius 2 is 1.83 bits per heavy atom. The Morgan fingerprint density at radius 3 is 2.52 bits per heavy atom. The van der Waals surface area contributed by atoms with E-state index in [-0.39, 0.29) is 41.2 Å². The maximum Gasteiger partial charge on any atom is 0.408 e. The molecule has 2 aromatic carbocycles. The quantitative estimate of drug-likeness (QED) is 0.319. The van der Waals surface area contributed by atoms with Gasteiger partial charge in [-0.25, -0.2) is 27.8 Å². The Kier molecular flexibility index (Phi) is 10.8. The molecular formula is C32H39F2N5O6S. The number of alkyl carbamates (subject to hydrolysis) is 1. The molecule has 1 aliphatic rings. The van der Waals surface area contributed by atoms with Gasteiger partial charge in [0.05, 0.1) is 34.9 Å². The average Bonchev–Trinajstić information content (AvgIpc) is 2.93. The van der Waals surface area contributed by atoms with Crippen LogP contribution in [0.15, 0.2) is 47.0 Å². The van der Waals surface area contributed by atoms with Gasteiger partial charge < -0.3 is 24.8 Å². The summed E-state index contributed by atoms with van der Waals surface area (Å²) >= 11 is 0. The summed E-state index contributed by atoms with van der Waals surface area (Å²) in [6.45, 7) is 9.13. The molecule has 2 N–H and O–H groups in total. The molecule has 2 amide bonds. The molecule has 46 heavy (non-hydrogen) atoms. The predicted octanol–water partition coefficient (Wildman–Crippen LogP) is 6.39. The van der Waals surface area contributed by atoms with Crippen LogP contribution in [0.3, 0.4) is 0 Å². The molecule has 0 unspecified atom stereocenters. The van der Waals surface area contributed by atoms with Crippen LogP contribution in [0.25, 0.3) is 11.3 Å². The molecule has 2 atom stereocenters. The minimum Gasteiger partial charge on any atom is -0.494 e. The lowest BCUT2D eigenvalue weighted by Crippen LogP contribution is -2.46. The molecule has 0 saturated carbocycles. The molecule has 0 spiro atoms. The van der Waals surface area contributed by atoms with Gasteiger partial charge >= 0.3 is 6.09 Å². The zero-order chi connectivity index (χ0) is 33.6. The molecule has 1 aliphatic heterocycles. The number of nitrogens with zero attached hydrogens (tertiary/aromatic N) is 3. The third kappa shape index (κ3) is 9.83. The zero-order valence-electron chi connectivity index (χ0n) is 26.7. The van der Waals surface area contributed by atoms with Gasteiger partial charge in [-0.3, -0.25) is 4.79 Å². The van der Waals surface area contributed by atoms with Gasteiger partial charge in [0.1, 0.15) is 34.7 Å². The molecule has 248 valence electrons. The Balaban J connectivity index is 1.64. The van der Waals surface area contributed by atoms with Crippen LogP contribution >= 0.6 is 0 Å². The third-order valence-electron chi connectivity index (χ3n) is 6.55. The fourth-order valence-electron chi connectivity index (χ4n) is 4.57. The highest BCUT2D eigenvalue weighted by atomic mass is 32.2. The highest BCUT2D eigenvalue weighted by Crippen LogP contribution is 2.33. The Labute approximate surface area is 267 Å². The zero-order valence-corrected chi connectivity index (χ0v) is 27.5. The first-order chi connectivity index (χ1) is 21.6. The van der Waals surface area contributed by atoms with Crippen LogP contribution in [0.2, 0.25) is 0 Å². The van der Waals surface area contributed by atoms with E-state index in [9.17, 15) is 22.6 Å². The van der Waals surface area contributed by atoms with Crippen molar-refractivity contribution in [1.29, 1.82) is 0 Å². The van der Waals surface area contributed by atoms with Crippen molar-refractivity contribution in [3.63, 3.8) is 0 Å². The van der Waals surface area contributed by atoms with Crippen LogP contribution in [-0.2, 0) is 25.0 Å². The second-order valence-corrected chi connectivity index (χ2v) is 14.7. The van der Waals surface area contributed by atoms with Gasteiger partial charge in [-0.05, 0) is 69.4 Å². The number of nitrogens with one attached hydrogen (secondary N) is 2. The normalized spacial score (nSPS) is 15.3. The van der Waals surface area contributed by atoms with Crippen LogP contribution in [0.5, 0.6) is 11.5 Å². The number of hydrogen-bond acceptors (Lipinski definition) is 9. The summed E-state index contributed by atoms with van der Waals surface area (Å²) in [7, 11) is -3.14. The van der Waals surface area contributed by atoms with E-state index in [1.807, 2.05) is 0 Å². The van der Waals surface area contributed by atoms with Crippen molar-refractivity contribution in [3.8, 4) is 22.8 Å². The number of carbonyl (C=O) groups is 2. The van der Waals surface area contributed by atoms with Crippen molar-refractivity contribution in [2.24, 2.45) is 10.3 Å². The van der Waals surface area contributed by atoms with E-state index in [1.54, 1.807) is 52.8 Å². The smallest absolute Gasteiger partial charge is 0.408 e. The van der Waals surface area contributed by atoms with E-state index in [1.165, 1.54) is 24.5 Å². The number of aromatic nitrogens is 2. The number of amides is 2. The minimum atomic E-state index is -3.14. The maximum absolute atomic E-state index is 14.9. The lowest BCUT2D eigenvalue weighted by molar-refractivity contribution is -0.120. The first kappa shape index (κ1) is 34.5. The molecule has 14 heteroatoms. The van der Waals surface area contributed by atoms with E-state index in [0.717, 1.165) is 6.20 Å². The summed E-state index contributed by atoms with van der Waals surface area (Å²) in [5.41, 5.74) is 0.397. The number of fused-ring (bicyclic) bond motifs is 6. The lowest BCUT2D eigenvalue weighted by Gasteiger charge is -2.24. The number of benzene rings is 2. The Hall–Kier alpha value is -4.33. The van der Waals surface area contributed by atoms with E-state index >= 15 is 0 Å². The predicted molar refractivity (Wildman–Crippen MR) is 171 cm³/mol. The molecular weight excluding hydrogens is 620 g/mol. The van der Waals surface area contributed by atoms with Crippen molar-refractivity contribution in [3.05, 3.63) is 59.8 Å². The summed E-state index contributed by atoms with van der Waals surface area (Å²) in [5.74, 6) is -1.83. The van der Waals surface area contributed by atoms with Crippen molar-refractivity contribution in [2.75, 3.05) is 24.8 Å². The number of halogens is 2. The van der Waals surface area contributed by atoms with E-state index in [2.05, 4.69) is 25.0 Å². The highest BCUT2D eigenvalue weighted by Gasteiger charge is 2.28. The molecule has 11 nitrogen and oxygen atoms in total. The van der Waals surface area contributed by atoms with Gasteiger partial charge in [-0.1, -0.05) is 13.8 Å². The summed E-state index contributed by atoms with van der Waals surface area (Å²) in [6.07, 6.45) is 2.74. The standard InChI is InChI=1S/C32H39F2N5O6S/c1-19(2)27(38-31(41)45-32(3,4)5)29(40)39-46(6,42)18-20-13-22-16-23(14-20)43-11-7-8-12-44-26-15-21(33)9-10-24(26)28-25(34)17-35-30(36-22)37-28/h9-10,13-17,19,27H,7-8,11-12,18H2,1-6H3,(H,38,41)(H,35,36,37)/t27-,46+/m0/s1.